The number of hydrogen-bond acceptors (Lipinski definition) is 5. The maximum atomic E-state index is 12.5. The van der Waals surface area contributed by atoms with Crippen LogP contribution in [0.25, 0.3) is 0 Å². The van der Waals surface area contributed by atoms with Crippen LogP contribution < -0.4 is 10.2 Å². The molecule has 134 valence electrons. The van der Waals surface area contributed by atoms with Crippen molar-refractivity contribution in [1.82, 2.24) is 0 Å². The lowest BCUT2D eigenvalue weighted by Crippen LogP contribution is -2.36. The van der Waals surface area contributed by atoms with Crippen LogP contribution in [-0.4, -0.2) is 45.3 Å². The summed E-state index contributed by atoms with van der Waals surface area (Å²) in [4.78, 5) is 26.9. The predicted molar refractivity (Wildman–Crippen MR) is 95.9 cm³/mol. The Balaban J connectivity index is 1.80. The van der Waals surface area contributed by atoms with E-state index in [1.807, 2.05) is 12.1 Å². The second-order valence-corrected chi connectivity index (χ2v) is 6.29. The minimum atomic E-state index is -0.450. The van der Waals surface area contributed by atoms with Crippen LogP contribution in [0.5, 0.6) is 0 Å². The fraction of sp³-hybridized carbons (Fsp3) is 0.474. The summed E-state index contributed by atoms with van der Waals surface area (Å²) in [5, 5.41) is 2.91. The van der Waals surface area contributed by atoms with Gasteiger partial charge in [-0.2, -0.15) is 0 Å². The van der Waals surface area contributed by atoms with E-state index in [1.165, 1.54) is 7.11 Å². The van der Waals surface area contributed by atoms with E-state index >= 15 is 0 Å². The second-order valence-electron chi connectivity index (χ2n) is 6.29. The first-order valence-corrected chi connectivity index (χ1v) is 8.70. The van der Waals surface area contributed by atoms with Crippen molar-refractivity contribution in [2.24, 2.45) is 5.92 Å². The molecule has 25 heavy (non-hydrogen) atoms. The van der Waals surface area contributed by atoms with Gasteiger partial charge in [0.1, 0.15) is 0 Å². The van der Waals surface area contributed by atoms with Crippen LogP contribution in [0.2, 0.25) is 0 Å². The number of rotatable bonds is 4. The Morgan fingerprint density at radius 2 is 2.04 bits per heavy atom. The maximum absolute atomic E-state index is 12.5. The number of nitrogens with one attached hydrogen (secondary N) is 1. The number of anilines is 2. The van der Waals surface area contributed by atoms with Gasteiger partial charge in [0, 0.05) is 24.7 Å². The van der Waals surface area contributed by atoms with Gasteiger partial charge in [-0.25, -0.2) is 4.79 Å². The summed E-state index contributed by atoms with van der Waals surface area (Å²) in [6.45, 7) is 2.89. The Kier molecular flexibility index (Phi) is 5.71. The zero-order valence-electron chi connectivity index (χ0n) is 14.5. The molecule has 2 aliphatic rings. The molecule has 0 radical (unpaired) electrons. The lowest BCUT2D eigenvalue weighted by molar-refractivity contribution is -0.120. The molecule has 1 aliphatic heterocycles. The molecule has 1 fully saturated rings. The van der Waals surface area contributed by atoms with Gasteiger partial charge in [0.05, 0.1) is 31.6 Å². The summed E-state index contributed by atoms with van der Waals surface area (Å²) in [7, 11) is 1.35. The van der Waals surface area contributed by atoms with E-state index in [2.05, 4.69) is 16.3 Å². The average molecular weight is 344 g/mol. The molecule has 1 heterocycles. The number of benzene rings is 1. The first kappa shape index (κ1) is 17.5. The standard InChI is InChI=1S/C19H24N2O4/c1-24-19(23)16-13-15(21-9-11-25-12-10-21)7-8-17(16)20-18(22)14-5-3-2-4-6-14/h2-3,7-8,13-14H,4-6,9-12H2,1H3,(H,20,22)/t14-/m0/s1. The minimum absolute atomic E-state index is 0.0468. The Bertz CT molecular complexity index is 665. The van der Waals surface area contributed by atoms with Gasteiger partial charge in [0.2, 0.25) is 5.91 Å². The summed E-state index contributed by atoms with van der Waals surface area (Å²) in [5.74, 6) is -0.544. The molecule has 6 heteroatoms. The van der Waals surface area contributed by atoms with Gasteiger partial charge in [0.25, 0.3) is 0 Å². The van der Waals surface area contributed by atoms with Crippen LogP contribution in [0.4, 0.5) is 11.4 Å². The quantitative estimate of drug-likeness (QED) is 0.672. The third-order valence-corrected chi connectivity index (χ3v) is 4.68. The lowest BCUT2D eigenvalue weighted by atomic mass is 9.93. The van der Waals surface area contributed by atoms with Crippen molar-refractivity contribution < 1.29 is 19.1 Å². The molecule has 1 amide bonds. The number of morpholine rings is 1. The Morgan fingerprint density at radius 1 is 1.24 bits per heavy atom. The number of carbonyl (C=O) groups is 2. The van der Waals surface area contributed by atoms with Gasteiger partial charge in [-0.3, -0.25) is 4.79 Å². The molecule has 0 bridgehead atoms. The van der Waals surface area contributed by atoms with Gasteiger partial charge < -0.3 is 19.7 Å². The monoisotopic (exact) mass is 344 g/mol. The molecule has 0 unspecified atom stereocenters. The van der Waals surface area contributed by atoms with E-state index < -0.39 is 5.97 Å². The van der Waals surface area contributed by atoms with E-state index in [9.17, 15) is 9.59 Å². The highest BCUT2D eigenvalue weighted by atomic mass is 16.5. The minimum Gasteiger partial charge on any atom is -0.465 e. The van der Waals surface area contributed by atoms with Gasteiger partial charge in [-0.05, 0) is 37.5 Å². The summed E-state index contributed by atoms with van der Waals surface area (Å²) >= 11 is 0. The smallest absolute Gasteiger partial charge is 0.340 e. The highest BCUT2D eigenvalue weighted by Crippen LogP contribution is 2.27. The normalized spacial score (nSPS) is 20.2. The molecular formula is C19H24N2O4. The van der Waals surface area contributed by atoms with Crippen molar-refractivity contribution in [3.8, 4) is 0 Å². The third-order valence-electron chi connectivity index (χ3n) is 4.68. The molecule has 1 aromatic rings. The first-order chi connectivity index (χ1) is 12.2. The molecule has 1 saturated heterocycles. The van der Waals surface area contributed by atoms with Crippen molar-refractivity contribution in [2.75, 3.05) is 43.6 Å². The zero-order valence-corrected chi connectivity index (χ0v) is 14.5. The average Bonchev–Trinajstić information content (AvgIpc) is 2.69. The molecule has 0 spiro atoms. The lowest BCUT2D eigenvalue weighted by Gasteiger charge is -2.29. The number of nitrogens with zero attached hydrogens (tertiary/aromatic N) is 1. The topological polar surface area (TPSA) is 67.9 Å². The van der Waals surface area contributed by atoms with Crippen LogP contribution in [-0.2, 0) is 14.3 Å². The van der Waals surface area contributed by atoms with Crippen LogP contribution >= 0.6 is 0 Å². The van der Waals surface area contributed by atoms with Crippen molar-refractivity contribution in [3.05, 3.63) is 35.9 Å². The van der Waals surface area contributed by atoms with Gasteiger partial charge in [-0.1, -0.05) is 12.2 Å². The van der Waals surface area contributed by atoms with E-state index in [1.54, 1.807) is 12.1 Å². The summed E-state index contributed by atoms with van der Waals surface area (Å²) < 4.78 is 10.3. The molecule has 6 nitrogen and oxygen atoms in total. The number of esters is 1. The zero-order chi connectivity index (χ0) is 17.6. The van der Waals surface area contributed by atoms with E-state index in [4.69, 9.17) is 9.47 Å². The molecule has 1 atom stereocenters. The fourth-order valence-electron chi connectivity index (χ4n) is 3.20. The Hall–Kier alpha value is -2.34. The first-order valence-electron chi connectivity index (χ1n) is 8.70. The predicted octanol–water partition coefficient (Wildman–Crippen LogP) is 2.60. The Morgan fingerprint density at radius 3 is 2.72 bits per heavy atom. The van der Waals surface area contributed by atoms with Gasteiger partial charge in [0.15, 0.2) is 0 Å². The molecule has 0 aromatic heterocycles. The number of ether oxygens (including phenoxy) is 2. The molecule has 1 aliphatic carbocycles. The molecule has 3 rings (SSSR count). The van der Waals surface area contributed by atoms with Crippen LogP contribution in [0.1, 0.15) is 29.6 Å². The second kappa shape index (κ2) is 8.16. The van der Waals surface area contributed by atoms with Crippen molar-refractivity contribution in [1.29, 1.82) is 0 Å². The summed E-state index contributed by atoms with van der Waals surface area (Å²) in [6.07, 6.45) is 6.63. The summed E-state index contributed by atoms with van der Waals surface area (Å²) in [6, 6.07) is 5.50. The van der Waals surface area contributed by atoms with E-state index in [0.717, 1.165) is 38.0 Å². The van der Waals surface area contributed by atoms with Crippen molar-refractivity contribution in [2.45, 2.75) is 19.3 Å². The number of hydrogen-bond donors (Lipinski definition) is 1. The largest absolute Gasteiger partial charge is 0.465 e. The molecule has 1 N–H and O–H groups in total. The van der Waals surface area contributed by atoms with E-state index in [-0.39, 0.29) is 11.8 Å². The highest BCUT2D eigenvalue weighted by molar-refractivity contribution is 6.02. The molecule has 0 saturated carbocycles. The number of amides is 1. The van der Waals surface area contributed by atoms with Gasteiger partial charge >= 0.3 is 5.97 Å². The molecular weight excluding hydrogens is 320 g/mol. The van der Waals surface area contributed by atoms with Crippen LogP contribution in [0.3, 0.4) is 0 Å². The number of allylic oxidation sites excluding steroid dienone is 2. The fourth-order valence-corrected chi connectivity index (χ4v) is 3.20. The van der Waals surface area contributed by atoms with Crippen LogP contribution in [0.15, 0.2) is 30.4 Å². The number of methoxy groups -OCH3 is 1. The summed E-state index contributed by atoms with van der Waals surface area (Å²) in [5.41, 5.74) is 1.82. The molecule has 1 aromatic carbocycles. The third kappa shape index (κ3) is 4.20. The van der Waals surface area contributed by atoms with Crippen molar-refractivity contribution >= 4 is 23.3 Å². The Labute approximate surface area is 147 Å². The SMILES string of the molecule is COC(=O)c1cc(N2CCOCC2)ccc1NC(=O)[C@H]1CC=CCC1. The van der Waals surface area contributed by atoms with Crippen molar-refractivity contribution in [3.63, 3.8) is 0 Å². The van der Waals surface area contributed by atoms with Crippen LogP contribution in [0, 0.1) is 5.92 Å². The van der Waals surface area contributed by atoms with Gasteiger partial charge in [-0.15, -0.1) is 0 Å². The number of carbonyl (C=O) groups excluding carboxylic acids is 2. The highest BCUT2D eigenvalue weighted by Gasteiger charge is 2.22. The van der Waals surface area contributed by atoms with E-state index in [0.29, 0.717) is 24.5 Å². The maximum Gasteiger partial charge on any atom is 0.340 e.